The molecule has 0 spiro atoms. The van der Waals surface area contributed by atoms with Gasteiger partial charge in [0.25, 0.3) is 0 Å². The van der Waals surface area contributed by atoms with Crippen LogP contribution in [0.5, 0.6) is 0 Å². The second kappa shape index (κ2) is 8.13. The van der Waals surface area contributed by atoms with Crippen LogP contribution in [0, 0.1) is 0 Å². The van der Waals surface area contributed by atoms with Crippen LogP contribution in [-0.2, 0) is 19.6 Å². The van der Waals surface area contributed by atoms with Gasteiger partial charge in [-0.25, -0.2) is 0 Å². The molecule has 0 radical (unpaired) electrons. The monoisotopic (exact) mass is 330 g/mol. The van der Waals surface area contributed by atoms with Crippen molar-refractivity contribution in [2.75, 3.05) is 0 Å². The third-order valence-corrected chi connectivity index (χ3v) is 5.12. The van der Waals surface area contributed by atoms with Crippen molar-refractivity contribution in [3.63, 3.8) is 0 Å². The highest BCUT2D eigenvalue weighted by molar-refractivity contribution is 5.17. The second-order valence-corrected chi connectivity index (χ2v) is 7.24. The Morgan fingerprint density at radius 1 is 0.520 bits per heavy atom. The molecule has 0 N–H and O–H groups in total. The Balaban J connectivity index is 1.97. The normalized spacial score (nSPS) is 11.6. The smallest absolute Gasteiger partial charge is 0.105 e. The highest BCUT2D eigenvalue weighted by Gasteiger charge is 2.32. The molecule has 3 aromatic rings. The standard InChI is InChI=1S/C24H28N/c1-21(2)25(18-22-12-6-3-7-13-22,19-23-14-8-4-9-15-23)20-24-16-10-5-11-17-24/h3-17,21H,18-20H2,1-2H3/q+1. The minimum absolute atomic E-state index is 0.528. The van der Waals surface area contributed by atoms with E-state index in [2.05, 4.69) is 105 Å². The molecule has 0 bridgehead atoms. The van der Waals surface area contributed by atoms with Crippen LogP contribution in [0.4, 0.5) is 0 Å². The lowest BCUT2D eigenvalue weighted by Crippen LogP contribution is -2.51. The summed E-state index contributed by atoms with van der Waals surface area (Å²) in [6.45, 7) is 7.84. The predicted octanol–water partition coefficient (Wildman–Crippen LogP) is 5.81. The van der Waals surface area contributed by atoms with E-state index in [9.17, 15) is 0 Å². The number of rotatable bonds is 7. The first-order valence-electron chi connectivity index (χ1n) is 9.15. The van der Waals surface area contributed by atoms with Crippen molar-refractivity contribution in [2.45, 2.75) is 39.5 Å². The van der Waals surface area contributed by atoms with Crippen molar-refractivity contribution >= 4 is 0 Å². The minimum atomic E-state index is 0.528. The number of quaternary nitrogens is 1. The summed E-state index contributed by atoms with van der Waals surface area (Å²) >= 11 is 0. The summed E-state index contributed by atoms with van der Waals surface area (Å²) in [5.74, 6) is 0. The van der Waals surface area contributed by atoms with Gasteiger partial charge in [0.2, 0.25) is 0 Å². The van der Waals surface area contributed by atoms with Gasteiger partial charge in [0.1, 0.15) is 19.6 Å². The first-order valence-corrected chi connectivity index (χ1v) is 9.15. The molecular weight excluding hydrogens is 302 g/mol. The Bertz CT molecular complexity index is 646. The quantitative estimate of drug-likeness (QED) is 0.479. The SMILES string of the molecule is CC(C)[N+](Cc1ccccc1)(Cc1ccccc1)Cc1ccccc1. The summed E-state index contributed by atoms with van der Waals surface area (Å²) in [5.41, 5.74) is 4.22. The molecule has 3 rings (SSSR count). The lowest BCUT2D eigenvalue weighted by Gasteiger charge is -2.43. The molecular formula is C24H28N+. The predicted molar refractivity (Wildman–Crippen MR) is 106 cm³/mol. The summed E-state index contributed by atoms with van der Waals surface area (Å²) in [6.07, 6.45) is 0. The van der Waals surface area contributed by atoms with Crippen molar-refractivity contribution in [2.24, 2.45) is 0 Å². The molecule has 0 aromatic heterocycles. The molecule has 128 valence electrons. The van der Waals surface area contributed by atoms with Gasteiger partial charge in [-0.1, -0.05) is 91.0 Å². The first kappa shape index (κ1) is 17.4. The maximum absolute atomic E-state index is 2.36. The van der Waals surface area contributed by atoms with Crippen LogP contribution in [0.3, 0.4) is 0 Å². The lowest BCUT2D eigenvalue weighted by atomic mass is 10.0. The third kappa shape index (κ3) is 4.58. The molecule has 0 saturated heterocycles. The van der Waals surface area contributed by atoms with E-state index in [1.54, 1.807) is 0 Å². The molecule has 25 heavy (non-hydrogen) atoms. The van der Waals surface area contributed by atoms with Crippen LogP contribution < -0.4 is 0 Å². The van der Waals surface area contributed by atoms with Crippen molar-refractivity contribution < 1.29 is 4.48 Å². The van der Waals surface area contributed by atoms with E-state index in [1.165, 1.54) is 16.7 Å². The van der Waals surface area contributed by atoms with Crippen LogP contribution in [0.1, 0.15) is 30.5 Å². The fourth-order valence-corrected chi connectivity index (χ4v) is 3.56. The Morgan fingerprint density at radius 2 is 0.800 bits per heavy atom. The highest BCUT2D eigenvalue weighted by Crippen LogP contribution is 2.27. The molecule has 1 nitrogen and oxygen atoms in total. The van der Waals surface area contributed by atoms with Crippen LogP contribution in [0.25, 0.3) is 0 Å². The molecule has 0 heterocycles. The van der Waals surface area contributed by atoms with Crippen molar-refractivity contribution in [3.05, 3.63) is 108 Å². The van der Waals surface area contributed by atoms with E-state index in [1.807, 2.05) is 0 Å². The van der Waals surface area contributed by atoms with Gasteiger partial charge >= 0.3 is 0 Å². The zero-order valence-corrected chi connectivity index (χ0v) is 15.3. The summed E-state index contributed by atoms with van der Waals surface area (Å²) in [7, 11) is 0. The molecule has 0 atom stereocenters. The fraction of sp³-hybridized carbons (Fsp3) is 0.250. The summed E-state index contributed by atoms with van der Waals surface area (Å²) in [6, 6.07) is 33.2. The molecule has 0 aliphatic rings. The van der Waals surface area contributed by atoms with Crippen molar-refractivity contribution in [1.82, 2.24) is 0 Å². The van der Waals surface area contributed by atoms with E-state index in [4.69, 9.17) is 0 Å². The van der Waals surface area contributed by atoms with Crippen LogP contribution in [-0.4, -0.2) is 10.5 Å². The van der Waals surface area contributed by atoms with Crippen LogP contribution in [0.2, 0.25) is 0 Å². The van der Waals surface area contributed by atoms with E-state index in [0.717, 1.165) is 24.1 Å². The topological polar surface area (TPSA) is 0 Å². The molecule has 0 aliphatic heterocycles. The lowest BCUT2D eigenvalue weighted by molar-refractivity contribution is -0.984. The van der Waals surface area contributed by atoms with Gasteiger partial charge in [-0.3, -0.25) is 0 Å². The van der Waals surface area contributed by atoms with E-state index in [0.29, 0.717) is 6.04 Å². The summed E-state index contributed by atoms with van der Waals surface area (Å²) in [5, 5.41) is 0. The van der Waals surface area contributed by atoms with Crippen LogP contribution in [0.15, 0.2) is 91.0 Å². The van der Waals surface area contributed by atoms with Gasteiger partial charge in [-0.2, -0.15) is 0 Å². The summed E-state index contributed by atoms with van der Waals surface area (Å²) < 4.78 is 1.03. The van der Waals surface area contributed by atoms with Gasteiger partial charge in [0.15, 0.2) is 0 Å². The number of nitrogens with zero attached hydrogens (tertiary/aromatic N) is 1. The number of hydrogen-bond acceptors (Lipinski definition) is 0. The highest BCUT2D eigenvalue weighted by atomic mass is 15.4. The molecule has 0 fully saturated rings. The Hall–Kier alpha value is -2.38. The second-order valence-electron chi connectivity index (χ2n) is 7.24. The molecule has 0 aliphatic carbocycles. The van der Waals surface area contributed by atoms with Gasteiger partial charge in [0.05, 0.1) is 6.04 Å². The van der Waals surface area contributed by atoms with Gasteiger partial charge in [0, 0.05) is 16.7 Å². The Labute approximate surface area is 152 Å². The maximum Gasteiger partial charge on any atom is 0.105 e. The zero-order chi connectivity index (χ0) is 17.5. The molecule has 1 heteroatoms. The van der Waals surface area contributed by atoms with Gasteiger partial charge in [-0.15, -0.1) is 0 Å². The zero-order valence-electron chi connectivity index (χ0n) is 15.3. The van der Waals surface area contributed by atoms with Crippen molar-refractivity contribution in [1.29, 1.82) is 0 Å². The average molecular weight is 330 g/mol. The average Bonchev–Trinajstić information content (AvgIpc) is 2.64. The van der Waals surface area contributed by atoms with Crippen LogP contribution >= 0.6 is 0 Å². The van der Waals surface area contributed by atoms with E-state index >= 15 is 0 Å². The molecule has 0 saturated carbocycles. The van der Waals surface area contributed by atoms with E-state index in [-0.39, 0.29) is 0 Å². The Kier molecular flexibility index (Phi) is 5.67. The van der Waals surface area contributed by atoms with Gasteiger partial charge in [-0.05, 0) is 13.8 Å². The minimum Gasteiger partial charge on any atom is -0.310 e. The summed E-state index contributed by atoms with van der Waals surface area (Å²) in [4.78, 5) is 0. The third-order valence-electron chi connectivity index (χ3n) is 5.12. The number of hydrogen-bond donors (Lipinski definition) is 0. The van der Waals surface area contributed by atoms with Gasteiger partial charge < -0.3 is 4.48 Å². The van der Waals surface area contributed by atoms with E-state index < -0.39 is 0 Å². The molecule has 0 amide bonds. The number of benzene rings is 3. The Morgan fingerprint density at radius 3 is 1.04 bits per heavy atom. The molecule has 0 unspecified atom stereocenters. The fourth-order valence-electron chi connectivity index (χ4n) is 3.56. The largest absolute Gasteiger partial charge is 0.310 e. The first-order chi connectivity index (χ1) is 12.2. The maximum atomic E-state index is 2.36. The molecule has 3 aromatic carbocycles. The van der Waals surface area contributed by atoms with Crippen molar-refractivity contribution in [3.8, 4) is 0 Å².